The molecule has 0 atom stereocenters. The molecule has 0 aliphatic carbocycles. The standard InChI is InChI=1S/C22H23F2N5O3/c1-14-9-18(30-2)21(24)17(20(14)23)13-32-16-11-26-22(27-12-16)28-15-3-4-19(25-10-15)29-5-7-31-8-6-29/h3-4,9-12H,5-8,13H2,1-2H3,(H,26,27,28). The number of morpholine rings is 1. The van der Waals surface area contributed by atoms with Crippen molar-refractivity contribution in [1.82, 2.24) is 15.0 Å². The Hall–Kier alpha value is -3.53. The first-order valence-corrected chi connectivity index (χ1v) is 10.1. The number of ether oxygens (including phenoxy) is 3. The summed E-state index contributed by atoms with van der Waals surface area (Å²) >= 11 is 0. The lowest BCUT2D eigenvalue weighted by Crippen LogP contribution is -2.36. The van der Waals surface area contributed by atoms with E-state index in [9.17, 15) is 8.78 Å². The van der Waals surface area contributed by atoms with Crippen LogP contribution in [-0.2, 0) is 11.3 Å². The molecule has 1 aromatic carbocycles. The number of aryl methyl sites for hydroxylation is 1. The fraction of sp³-hybridized carbons (Fsp3) is 0.318. The highest BCUT2D eigenvalue weighted by molar-refractivity contribution is 5.55. The second-order valence-electron chi connectivity index (χ2n) is 7.16. The maximum Gasteiger partial charge on any atom is 0.227 e. The molecule has 3 aromatic rings. The SMILES string of the molecule is COc1cc(C)c(F)c(COc2cnc(Nc3ccc(N4CCOCC4)nc3)nc2)c1F. The fourth-order valence-corrected chi connectivity index (χ4v) is 3.26. The van der Waals surface area contributed by atoms with Gasteiger partial charge in [0.25, 0.3) is 0 Å². The predicted octanol–water partition coefficient (Wildman–Crippen LogP) is 3.63. The van der Waals surface area contributed by atoms with Crippen molar-refractivity contribution in [3.05, 3.63) is 59.6 Å². The number of benzene rings is 1. The molecule has 4 rings (SSSR count). The summed E-state index contributed by atoms with van der Waals surface area (Å²) in [4.78, 5) is 15.0. The monoisotopic (exact) mass is 443 g/mol. The Kier molecular flexibility index (Phi) is 6.60. The van der Waals surface area contributed by atoms with Crippen LogP contribution in [0.2, 0.25) is 0 Å². The molecule has 1 saturated heterocycles. The van der Waals surface area contributed by atoms with Crippen molar-refractivity contribution < 1.29 is 23.0 Å². The molecule has 1 N–H and O–H groups in total. The third kappa shape index (κ3) is 4.86. The average molecular weight is 443 g/mol. The van der Waals surface area contributed by atoms with Crippen LogP contribution in [0.4, 0.5) is 26.2 Å². The Morgan fingerprint density at radius 3 is 2.47 bits per heavy atom. The van der Waals surface area contributed by atoms with Gasteiger partial charge in [-0.2, -0.15) is 0 Å². The van der Waals surface area contributed by atoms with Gasteiger partial charge in [-0.3, -0.25) is 0 Å². The third-order valence-electron chi connectivity index (χ3n) is 5.01. The minimum Gasteiger partial charge on any atom is -0.494 e. The normalized spacial score (nSPS) is 13.7. The molecule has 3 heterocycles. The second kappa shape index (κ2) is 9.73. The number of anilines is 3. The first kappa shape index (κ1) is 21.7. The van der Waals surface area contributed by atoms with Crippen LogP contribution < -0.4 is 19.7 Å². The van der Waals surface area contributed by atoms with E-state index in [4.69, 9.17) is 14.2 Å². The average Bonchev–Trinajstić information content (AvgIpc) is 2.83. The third-order valence-corrected chi connectivity index (χ3v) is 5.01. The molecule has 0 amide bonds. The highest BCUT2D eigenvalue weighted by Crippen LogP contribution is 2.27. The van der Waals surface area contributed by atoms with E-state index < -0.39 is 11.6 Å². The van der Waals surface area contributed by atoms with Gasteiger partial charge >= 0.3 is 0 Å². The van der Waals surface area contributed by atoms with Crippen LogP contribution in [-0.4, -0.2) is 48.4 Å². The number of pyridine rings is 1. The van der Waals surface area contributed by atoms with Crippen LogP contribution in [0.15, 0.2) is 36.8 Å². The van der Waals surface area contributed by atoms with Crippen molar-refractivity contribution in [2.75, 3.05) is 43.6 Å². The van der Waals surface area contributed by atoms with E-state index in [0.717, 1.165) is 24.6 Å². The van der Waals surface area contributed by atoms with Gasteiger partial charge in [0.05, 0.1) is 50.2 Å². The molecule has 1 aliphatic rings. The summed E-state index contributed by atoms with van der Waals surface area (Å²) in [6, 6.07) is 5.12. The highest BCUT2D eigenvalue weighted by Gasteiger charge is 2.18. The first-order chi connectivity index (χ1) is 15.5. The van der Waals surface area contributed by atoms with E-state index in [1.54, 1.807) is 6.20 Å². The Morgan fingerprint density at radius 2 is 1.81 bits per heavy atom. The number of methoxy groups -OCH3 is 1. The number of nitrogens with zero attached hydrogens (tertiary/aromatic N) is 4. The molecule has 0 bridgehead atoms. The number of aromatic nitrogens is 3. The number of nitrogens with one attached hydrogen (secondary N) is 1. The molecule has 0 spiro atoms. The van der Waals surface area contributed by atoms with E-state index in [1.165, 1.54) is 32.5 Å². The largest absolute Gasteiger partial charge is 0.494 e. The Labute approximate surface area is 184 Å². The highest BCUT2D eigenvalue weighted by atomic mass is 19.1. The number of rotatable bonds is 7. The van der Waals surface area contributed by atoms with Gasteiger partial charge in [0.15, 0.2) is 17.3 Å². The van der Waals surface area contributed by atoms with Crippen molar-refractivity contribution in [2.45, 2.75) is 13.5 Å². The van der Waals surface area contributed by atoms with Crippen LogP contribution in [0.1, 0.15) is 11.1 Å². The predicted molar refractivity (Wildman–Crippen MR) is 115 cm³/mol. The minimum atomic E-state index is -0.789. The molecular weight excluding hydrogens is 420 g/mol. The van der Waals surface area contributed by atoms with E-state index in [1.807, 2.05) is 12.1 Å². The molecule has 1 aliphatic heterocycles. The lowest BCUT2D eigenvalue weighted by molar-refractivity contribution is 0.122. The molecule has 168 valence electrons. The number of halogens is 2. The smallest absolute Gasteiger partial charge is 0.227 e. The molecule has 0 unspecified atom stereocenters. The van der Waals surface area contributed by atoms with Crippen molar-refractivity contribution in [1.29, 1.82) is 0 Å². The summed E-state index contributed by atoms with van der Waals surface area (Å²) in [5, 5.41) is 3.06. The van der Waals surface area contributed by atoms with Crippen molar-refractivity contribution in [2.24, 2.45) is 0 Å². The summed E-state index contributed by atoms with van der Waals surface area (Å²) in [6.07, 6.45) is 4.55. The summed E-state index contributed by atoms with van der Waals surface area (Å²) < 4.78 is 44.4. The number of hydrogen-bond donors (Lipinski definition) is 1. The van der Waals surface area contributed by atoms with E-state index in [-0.39, 0.29) is 29.2 Å². The van der Waals surface area contributed by atoms with Crippen LogP contribution in [0.5, 0.6) is 11.5 Å². The molecule has 32 heavy (non-hydrogen) atoms. The molecule has 8 nitrogen and oxygen atoms in total. The molecule has 2 aromatic heterocycles. The minimum absolute atomic E-state index is 0.0356. The summed E-state index contributed by atoms with van der Waals surface area (Å²) in [6.45, 7) is 4.23. The van der Waals surface area contributed by atoms with Crippen molar-refractivity contribution in [3.63, 3.8) is 0 Å². The van der Waals surface area contributed by atoms with Gasteiger partial charge in [-0.15, -0.1) is 0 Å². The second-order valence-corrected chi connectivity index (χ2v) is 7.16. The van der Waals surface area contributed by atoms with Crippen LogP contribution in [0, 0.1) is 18.6 Å². The lowest BCUT2D eigenvalue weighted by atomic mass is 10.1. The quantitative estimate of drug-likeness (QED) is 0.593. The van der Waals surface area contributed by atoms with Gasteiger partial charge in [0.2, 0.25) is 5.95 Å². The zero-order valence-corrected chi connectivity index (χ0v) is 17.8. The zero-order chi connectivity index (χ0) is 22.5. The summed E-state index contributed by atoms with van der Waals surface area (Å²) in [5.41, 5.74) is 0.785. The Balaban J connectivity index is 1.37. The summed E-state index contributed by atoms with van der Waals surface area (Å²) in [7, 11) is 1.33. The molecule has 0 radical (unpaired) electrons. The first-order valence-electron chi connectivity index (χ1n) is 10.1. The number of hydrogen-bond acceptors (Lipinski definition) is 8. The molecule has 0 saturated carbocycles. The Morgan fingerprint density at radius 1 is 1.06 bits per heavy atom. The van der Waals surface area contributed by atoms with Gasteiger partial charge < -0.3 is 24.4 Å². The lowest BCUT2D eigenvalue weighted by Gasteiger charge is -2.27. The topological polar surface area (TPSA) is 81.6 Å². The van der Waals surface area contributed by atoms with Crippen molar-refractivity contribution >= 4 is 17.5 Å². The molecule has 10 heteroatoms. The van der Waals surface area contributed by atoms with Crippen LogP contribution in [0.25, 0.3) is 0 Å². The van der Waals surface area contributed by atoms with Gasteiger partial charge in [-0.05, 0) is 30.7 Å². The van der Waals surface area contributed by atoms with E-state index in [2.05, 4.69) is 25.2 Å². The molecular formula is C22H23F2N5O3. The van der Waals surface area contributed by atoms with Gasteiger partial charge in [-0.1, -0.05) is 0 Å². The zero-order valence-electron chi connectivity index (χ0n) is 17.8. The molecule has 1 fully saturated rings. The van der Waals surface area contributed by atoms with E-state index in [0.29, 0.717) is 19.2 Å². The van der Waals surface area contributed by atoms with E-state index >= 15 is 0 Å². The van der Waals surface area contributed by atoms with Gasteiger partial charge in [0.1, 0.15) is 18.2 Å². The Bertz CT molecular complexity index is 1060. The maximum atomic E-state index is 14.4. The maximum absolute atomic E-state index is 14.4. The van der Waals surface area contributed by atoms with Crippen LogP contribution >= 0.6 is 0 Å². The van der Waals surface area contributed by atoms with Crippen LogP contribution in [0.3, 0.4) is 0 Å². The fourth-order valence-electron chi connectivity index (χ4n) is 3.26. The van der Waals surface area contributed by atoms with Crippen molar-refractivity contribution in [3.8, 4) is 11.5 Å². The summed E-state index contributed by atoms with van der Waals surface area (Å²) in [5.74, 6) is 0.00383. The van der Waals surface area contributed by atoms with Gasteiger partial charge in [0, 0.05) is 13.1 Å². The van der Waals surface area contributed by atoms with Gasteiger partial charge in [-0.25, -0.2) is 23.7 Å².